The molecule has 0 radical (unpaired) electrons. The van der Waals surface area contributed by atoms with Gasteiger partial charge in [0.15, 0.2) is 34.9 Å². The average Bonchev–Trinajstić information content (AvgIpc) is 3.15. The molecular weight excluding hydrogens is 398 g/mol. The van der Waals surface area contributed by atoms with Crippen LogP contribution < -0.4 is 16.4 Å². The zero-order valence-corrected chi connectivity index (χ0v) is 14.4. The summed E-state index contributed by atoms with van der Waals surface area (Å²) < 4.78 is 88.1. The van der Waals surface area contributed by atoms with Crippen molar-refractivity contribution >= 4 is 50.4 Å². The van der Waals surface area contributed by atoms with Gasteiger partial charge < -0.3 is 10.7 Å². The van der Waals surface area contributed by atoms with Crippen LogP contribution in [-0.2, 0) is 0 Å². The Morgan fingerprint density at radius 3 is 2.03 bits per heavy atom. The summed E-state index contributed by atoms with van der Waals surface area (Å²) in [5, 5.41) is 4.21. The number of nitrogen functional groups attached to an aromatic ring is 1. The first-order valence-corrected chi connectivity index (χ1v) is 7.95. The molecule has 0 unspecified atom stereocenters. The molecule has 146 valence electrons. The molecule has 0 fully saturated rings. The van der Waals surface area contributed by atoms with Crippen molar-refractivity contribution in [3.05, 3.63) is 45.6 Å². The predicted octanol–water partition coefficient (Wildman–Crippen LogP) is 3.39. The Morgan fingerprint density at radius 1 is 0.897 bits per heavy atom. The SMILES string of the molecule is C=c1c(F)c(F)c2c(c(F)c(F)c3c4[nH]/c(=C(/C)C#N)nc4c(F)c(F)c23)c1N. The number of halogens is 6. The highest BCUT2D eigenvalue weighted by Gasteiger charge is 2.29. The lowest BCUT2D eigenvalue weighted by molar-refractivity contribution is 0.504. The molecule has 29 heavy (non-hydrogen) atoms. The van der Waals surface area contributed by atoms with Crippen LogP contribution in [-0.4, -0.2) is 9.97 Å². The van der Waals surface area contributed by atoms with Gasteiger partial charge in [0.2, 0.25) is 0 Å². The summed E-state index contributed by atoms with van der Waals surface area (Å²) in [7, 11) is 0. The molecule has 1 aromatic heterocycles. The minimum absolute atomic E-state index is 0.0565. The maximum atomic E-state index is 14.9. The number of hydrogen-bond donors (Lipinski definition) is 2. The third-order valence-corrected chi connectivity index (χ3v) is 4.75. The fourth-order valence-electron chi connectivity index (χ4n) is 3.28. The van der Waals surface area contributed by atoms with E-state index < -0.39 is 78.4 Å². The van der Waals surface area contributed by atoms with Crippen molar-refractivity contribution in [1.29, 1.82) is 5.26 Å². The van der Waals surface area contributed by atoms with Crippen LogP contribution in [0.25, 0.3) is 44.7 Å². The second kappa shape index (κ2) is 5.88. The van der Waals surface area contributed by atoms with E-state index in [0.717, 1.165) is 0 Å². The van der Waals surface area contributed by atoms with Crippen LogP contribution in [0, 0.1) is 46.2 Å². The zero-order valence-electron chi connectivity index (χ0n) is 14.4. The first-order valence-electron chi connectivity index (χ1n) is 7.95. The third kappa shape index (κ3) is 2.18. The number of fused-ring (bicyclic) bond motifs is 5. The van der Waals surface area contributed by atoms with Crippen LogP contribution in [0.5, 0.6) is 0 Å². The van der Waals surface area contributed by atoms with Gasteiger partial charge in [0.25, 0.3) is 0 Å². The van der Waals surface area contributed by atoms with Crippen molar-refractivity contribution in [2.24, 2.45) is 0 Å². The second-order valence-corrected chi connectivity index (χ2v) is 6.32. The highest BCUT2D eigenvalue weighted by atomic mass is 19.2. The Balaban J connectivity index is 2.50. The minimum Gasteiger partial charge on any atom is -0.398 e. The fraction of sp³-hybridized carbons (Fsp3) is 0.0526. The van der Waals surface area contributed by atoms with Crippen molar-refractivity contribution in [2.75, 3.05) is 5.73 Å². The van der Waals surface area contributed by atoms with Gasteiger partial charge in [0.1, 0.15) is 11.0 Å². The molecule has 0 atom stereocenters. The fourth-order valence-corrected chi connectivity index (χ4v) is 3.28. The van der Waals surface area contributed by atoms with E-state index in [-0.39, 0.29) is 11.1 Å². The van der Waals surface area contributed by atoms with Gasteiger partial charge in [-0.25, -0.2) is 31.3 Å². The number of aromatic amines is 1. The van der Waals surface area contributed by atoms with Gasteiger partial charge in [-0.1, -0.05) is 6.58 Å². The van der Waals surface area contributed by atoms with E-state index in [1.807, 2.05) is 0 Å². The monoisotopic (exact) mass is 406 g/mol. The van der Waals surface area contributed by atoms with Crippen molar-refractivity contribution in [1.82, 2.24) is 9.97 Å². The number of hydrogen-bond acceptors (Lipinski definition) is 3. The molecule has 0 aliphatic heterocycles. The molecule has 0 amide bonds. The normalized spacial score (nSPS) is 12.8. The third-order valence-electron chi connectivity index (χ3n) is 4.75. The summed E-state index contributed by atoms with van der Waals surface area (Å²) in [4.78, 5) is 6.10. The van der Waals surface area contributed by atoms with E-state index in [2.05, 4.69) is 16.5 Å². The second-order valence-electron chi connectivity index (χ2n) is 6.32. The van der Waals surface area contributed by atoms with Crippen molar-refractivity contribution in [3.8, 4) is 6.07 Å². The quantitative estimate of drug-likeness (QED) is 0.267. The number of nitrogens with one attached hydrogen (secondary N) is 1. The van der Waals surface area contributed by atoms with Crippen molar-refractivity contribution < 1.29 is 26.3 Å². The Morgan fingerprint density at radius 2 is 1.41 bits per heavy atom. The van der Waals surface area contributed by atoms with E-state index >= 15 is 0 Å². The van der Waals surface area contributed by atoms with Gasteiger partial charge in [-0.3, -0.25) is 0 Å². The van der Waals surface area contributed by atoms with Gasteiger partial charge in [-0.2, -0.15) is 5.26 Å². The van der Waals surface area contributed by atoms with Crippen LogP contribution in [0.3, 0.4) is 0 Å². The number of H-pyrrole nitrogens is 1. The molecule has 0 saturated heterocycles. The van der Waals surface area contributed by atoms with Crippen molar-refractivity contribution in [2.45, 2.75) is 6.92 Å². The van der Waals surface area contributed by atoms with E-state index in [1.165, 1.54) is 6.92 Å². The molecular formula is C19H8F6N4. The van der Waals surface area contributed by atoms with E-state index in [0.29, 0.717) is 0 Å². The average molecular weight is 406 g/mol. The molecule has 4 aromatic rings. The first-order chi connectivity index (χ1) is 13.6. The molecule has 1 heterocycles. The molecule has 4 rings (SSSR count). The maximum absolute atomic E-state index is 14.9. The van der Waals surface area contributed by atoms with Crippen LogP contribution in [0.2, 0.25) is 0 Å². The van der Waals surface area contributed by atoms with Crippen LogP contribution in [0.15, 0.2) is 0 Å². The Hall–Kier alpha value is -3.74. The van der Waals surface area contributed by atoms with E-state index in [1.54, 1.807) is 6.07 Å². The first kappa shape index (κ1) is 18.6. The number of nitrogens with two attached hydrogens (primary N) is 1. The number of nitriles is 1. The molecule has 10 heteroatoms. The number of imidazole rings is 1. The highest BCUT2D eigenvalue weighted by Crippen LogP contribution is 2.40. The van der Waals surface area contributed by atoms with E-state index in [4.69, 9.17) is 11.0 Å². The molecule has 0 bridgehead atoms. The standard InChI is InChI=1S/C19H8F6N4/c1-4(3-26)19-28-17-9-7(12(22)15(25)18(17)29-19)6-8(13(23)14(9)24)16(27)5(2)10(20)11(6)21/h28H,2,27H2,1H3/b19-4+. The van der Waals surface area contributed by atoms with Crippen LogP contribution in [0.1, 0.15) is 6.92 Å². The number of aromatic nitrogens is 2. The lowest BCUT2D eigenvalue weighted by Crippen LogP contribution is -2.16. The number of rotatable bonds is 0. The molecule has 0 aliphatic carbocycles. The number of benzene rings is 3. The maximum Gasteiger partial charge on any atom is 0.187 e. The summed E-state index contributed by atoms with van der Waals surface area (Å²) in [6.07, 6.45) is 0. The van der Waals surface area contributed by atoms with Gasteiger partial charge in [-0.05, 0) is 6.92 Å². The Bertz CT molecular complexity index is 1560. The summed E-state index contributed by atoms with van der Waals surface area (Å²) in [6, 6.07) is 1.72. The zero-order chi connectivity index (χ0) is 21.4. The van der Waals surface area contributed by atoms with Gasteiger partial charge >= 0.3 is 0 Å². The predicted molar refractivity (Wildman–Crippen MR) is 94.7 cm³/mol. The summed E-state index contributed by atoms with van der Waals surface area (Å²) in [5.74, 6) is -10.2. The lowest BCUT2D eigenvalue weighted by atomic mass is 9.96. The molecule has 3 N–H and O–H groups in total. The van der Waals surface area contributed by atoms with Crippen LogP contribution in [0.4, 0.5) is 32.0 Å². The molecule has 0 aliphatic rings. The minimum atomic E-state index is -1.78. The summed E-state index contributed by atoms with van der Waals surface area (Å²) in [5.41, 5.74) is 3.26. The lowest BCUT2D eigenvalue weighted by Gasteiger charge is -2.13. The van der Waals surface area contributed by atoms with Crippen molar-refractivity contribution in [3.63, 3.8) is 0 Å². The molecule has 0 spiro atoms. The van der Waals surface area contributed by atoms with Crippen LogP contribution >= 0.6 is 0 Å². The topological polar surface area (TPSA) is 78.5 Å². The summed E-state index contributed by atoms with van der Waals surface area (Å²) >= 11 is 0. The smallest absolute Gasteiger partial charge is 0.187 e. The molecule has 4 nitrogen and oxygen atoms in total. The summed E-state index contributed by atoms with van der Waals surface area (Å²) in [6.45, 7) is 4.45. The Kier molecular flexibility index (Phi) is 3.77. The number of nitrogens with zero attached hydrogens (tertiary/aromatic N) is 2. The van der Waals surface area contributed by atoms with Gasteiger partial charge in [0.05, 0.1) is 28.2 Å². The number of anilines is 1. The van der Waals surface area contributed by atoms with Gasteiger partial charge in [0, 0.05) is 21.4 Å². The van der Waals surface area contributed by atoms with Gasteiger partial charge in [-0.15, -0.1) is 0 Å². The molecule has 3 aromatic carbocycles. The Labute approximate surface area is 157 Å². The highest BCUT2D eigenvalue weighted by molar-refractivity contribution is 6.18. The van der Waals surface area contributed by atoms with E-state index in [9.17, 15) is 26.3 Å². The molecule has 0 saturated carbocycles. The largest absolute Gasteiger partial charge is 0.398 e.